The minimum absolute atomic E-state index is 0.239. The predicted molar refractivity (Wildman–Crippen MR) is 53.2 cm³/mol. The van der Waals surface area contributed by atoms with Crippen LogP contribution in [0.2, 0.25) is 0 Å². The Labute approximate surface area is 73.9 Å². The van der Waals surface area contributed by atoms with Gasteiger partial charge in [-0.3, -0.25) is 0 Å². The number of aryl methyl sites for hydroxylation is 1. The summed E-state index contributed by atoms with van der Waals surface area (Å²) in [7, 11) is 0. The molecule has 0 saturated carbocycles. The van der Waals surface area contributed by atoms with Gasteiger partial charge in [0.25, 0.3) is 0 Å². The lowest BCUT2D eigenvalue weighted by Crippen LogP contribution is -2.10. The number of hydrogen-bond donors (Lipinski definition) is 0. The van der Waals surface area contributed by atoms with Gasteiger partial charge in [0.2, 0.25) is 0 Å². The topological polar surface area (TPSA) is 0 Å². The molecule has 0 nitrogen and oxygen atoms in total. The maximum absolute atomic E-state index is 2.27. The largest absolute Gasteiger partial charge is 0.0739 e. The number of hydrogen-bond acceptors (Lipinski definition) is 0. The van der Waals surface area contributed by atoms with Gasteiger partial charge < -0.3 is 0 Å². The van der Waals surface area contributed by atoms with Crippen molar-refractivity contribution in [1.82, 2.24) is 0 Å². The Morgan fingerprint density at radius 1 is 1.17 bits per heavy atom. The van der Waals surface area contributed by atoms with Crippen LogP contribution in [0.1, 0.15) is 30.5 Å². The zero-order chi connectivity index (χ0) is 8.77. The second kappa shape index (κ2) is 2.22. The Morgan fingerprint density at radius 2 is 1.92 bits per heavy atom. The maximum Gasteiger partial charge on any atom is 0.00845 e. The van der Waals surface area contributed by atoms with E-state index in [1.54, 1.807) is 0 Å². The molecule has 1 aliphatic carbocycles. The quantitative estimate of drug-likeness (QED) is 0.543. The molecule has 0 aliphatic heterocycles. The molecule has 0 fully saturated rings. The van der Waals surface area contributed by atoms with E-state index in [-0.39, 0.29) is 5.41 Å². The predicted octanol–water partition coefficient (Wildman–Crippen LogP) is 3.30. The highest BCUT2D eigenvalue weighted by Crippen LogP contribution is 2.35. The van der Waals surface area contributed by atoms with Crippen molar-refractivity contribution in [2.75, 3.05) is 0 Å². The van der Waals surface area contributed by atoms with Crippen molar-refractivity contribution >= 4 is 6.08 Å². The first-order chi connectivity index (χ1) is 5.59. The van der Waals surface area contributed by atoms with Crippen LogP contribution in [-0.2, 0) is 5.41 Å². The Morgan fingerprint density at radius 3 is 2.67 bits per heavy atom. The standard InChI is InChI=1S/C12H14/c1-9-4-5-11-10(8-9)6-7-12(11,2)3/h4-8H,1-3H3. The Kier molecular flexibility index (Phi) is 1.41. The third kappa shape index (κ3) is 0.989. The van der Waals surface area contributed by atoms with Crippen molar-refractivity contribution in [2.45, 2.75) is 26.2 Å². The Balaban J connectivity index is 2.62. The summed E-state index contributed by atoms with van der Waals surface area (Å²) in [4.78, 5) is 0. The van der Waals surface area contributed by atoms with E-state index in [0.29, 0.717) is 0 Å². The monoisotopic (exact) mass is 158 g/mol. The van der Waals surface area contributed by atoms with Crippen LogP contribution >= 0.6 is 0 Å². The van der Waals surface area contributed by atoms with Crippen molar-refractivity contribution < 1.29 is 0 Å². The summed E-state index contributed by atoms with van der Waals surface area (Å²) in [6, 6.07) is 6.68. The molecule has 0 spiro atoms. The summed E-state index contributed by atoms with van der Waals surface area (Å²) in [6.07, 6.45) is 4.50. The Hall–Kier alpha value is -1.04. The van der Waals surface area contributed by atoms with E-state index in [9.17, 15) is 0 Å². The van der Waals surface area contributed by atoms with Gasteiger partial charge >= 0.3 is 0 Å². The Bertz CT molecular complexity index is 343. The molecule has 0 N–H and O–H groups in total. The van der Waals surface area contributed by atoms with Gasteiger partial charge in [0.05, 0.1) is 0 Å². The molecule has 0 radical (unpaired) electrons. The van der Waals surface area contributed by atoms with Gasteiger partial charge in [0.1, 0.15) is 0 Å². The summed E-state index contributed by atoms with van der Waals surface area (Å²) < 4.78 is 0. The molecule has 0 atom stereocenters. The van der Waals surface area contributed by atoms with Crippen molar-refractivity contribution in [3.8, 4) is 0 Å². The zero-order valence-electron chi connectivity index (χ0n) is 7.89. The van der Waals surface area contributed by atoms with Gasteiger partial charge in [0, 0.05) is 5.41 Å². The minimum atomic E-state index is 0.239. The van der Waals surface area contributed by atoms with Gasteiger partial charge in [0.15, 0.2) is 0 Å². The van der Waals surface area contributed by atoms with Crippen LogP contribution in [0.25, 0.3) is 6.08 Å². The molecule has 0 bridgehead atoms. The van der Waals surface area contributed by atoms with Crippen LogP contribution in [0.4, 0.5) is 0 Å². The average Bonchev–Trinajstić information content (AvgIpc) is 2.27. The van der Waals surface area contributed by atoms with E-state index in [0.717, 1.165) is 0 Å². The molecule has 1 aliphatic rings. The van der Waals surface area contributed by atoms with E-state index in [1.165, 1.54) is 16.7 Å². The molecule has 1 aromatic carbocycles. The molecule has 0 unspecified atom stereocenters. The molecule has 1 aromatic rings. The minimum Gasteiger partial charge on any atom is -0.0739 e. The fourth-order valence-electron chi connectivity index (χ4n) is 1.79. The smallest absolute Gasteiger partial charge is 0.00845 e. The number of rotatable bonds is 0. The molecule has 0 aromatic heterocycles. The molecule has 0 saturated heterocycles. The molecular formula is C12H14. The number of allylic oxidation sites excluding steroid dienone is 1. The van der Waals surface area contributed by atoms with Crippen LogP contribution < -0.4 is 0 Å². The van der Waals surface area contributed by atoms with Gasteiger partial charge in [-0.25, -0.2) is 0 Å². The highest BCUT2D eigenvalue weighted by atomic mass is 14.3. The lowest BCUT2D eigenvalue weighted by molar-refractivity contribution is 0.683. The molecule has 0 heteroatoms. The van der Waals surface area contributed by atoms with E-state index < -0.39 is 0 Å². The highest BCUT2D eigenvalue weighted by Gasteiger charge is 2.23. The van der Waals surface area contributed by atoms with Crippen LogP contribution in [0.5, 0.6) is 0 Å². The van der Waals surface area contributed by atoms with E-state index >= 15 is 0 Å². The molecule has 0 amide bonds. The average molecular weight is 158 g/mol. The van der Waals surface area contributed by atoms with Gasteiger partial charge in [-0.15, -0.1) is 0 Å². The van der Waals surface area contributed by atoms with Gasteiger partial charge in [-0.2, -0.15) is 0 Å². The summed E-state index contributed by atoms with van der Waals surface area (Å²) in [5.41, 5.74) is 4.42. The van der Waals surface area contributed by atoms with E-state index in [1.807, 2.05) is 0 Å². The summed E-state index contributed by atoms with van der Waals surface area (Å²) in [6.45, 7) is 6.65. The third-order valence-corrected chi connectivity index (χ3v) is 2.58. The first-order valence-electron chi connectivity index (χ1n) is 4.40. The number of benzene rings is 1. The second-order valence-electron chi connectivity index (χ2n) is 4.15. The first-order valence-corrected chi connectivity index (χ1v) is 4.40. The van der Waals surface area contributed by atoms with Crippen molar-refractivity contribution in [3.63, 3.8) is 0 Å². The van der Waals surface area contributed by atoms with Gasteiger partial charge in [-0.1, -0.05) is 49.8 Å². The summed E-state index contributed by atoms with van der Waals surface area (Å²) in [5.74, 6) is 0. The van der Waals surface area contributed by atoms with Crippen LogP contribution in [0, 0.1) is 6.92 Å². The van der Waals surface area contributed by atoms with Crippen LogP contribution in [-0.4, -0.2) is 0 Å². The molecular weight excluding hydrogens is 144 g/mol. The van der Waals surface area contributed by atoms with Crippen molar-refractivity contribution in [1.29, 1.82) is 0 Å². The van der Waals surface area contributed by atoms with Crippen molar-refractivity contribution in [2.24, 2.45) is 0 Å². The fraction of sp³-hybridized carbons (Fsp3) is 0.333. The SMILES string of the molecule is Cc1ccc2c(c1)C=CC2(C)C. The van der Waals surface area contributed by atoms with Gasteiger partial charge in [-0.05, 0) is 18.1 Å². The zero-order valence-corrected chi connectivity index (χ0v) is 7.89. The summed E-state index contributed by atoms with van der Waals surface area (Å²) in [5, 5.41) is 0. The molecule has 12 heavy (non-hydrogen) atoms. The highest BCUT2D eigenvalue weighted by molar-refractivity contribution is 5.65. The van der Waals surface area contributed by atoms with E-state index in [4.69, 9.17) is 0 Å². The first kappa shape index (κ1) is 7.60. The molecule has 2 rings (SSSR count). The fourth-order valence-corrected chi connectivity index (χ4v) is 1.79. The van der Waals surface area contributed by atoms with Crippen molar-refractivity contribution in [3.05, 3.63) is 41.0 Å². The lowest BCUT2D eigenvalue weighted by atomic mass is 9.87. The lowest BCUT2D eigenvalue weighted by Gasteiger charge is -2.17. The number of fused-ring (bicyclic) bond motifs is 1. The van der Waals surface area contributed by atoms with Crippen LogP contribution in [0.15, 0.2) is 24.3 Å². The van der Waals surface area contributed by atoms with E-state index in [2.05, 4.69) is 51.1 Å². The second-order valence-corrected chi connectivity index (χ2v) is 4.15. The molecule has 0 heterocycles. The third-order valence-electron chi connectivity index (χ3n) is 2.58. The van der Waals surface area contributed by atoms with Crippen LogP contribution in [0.3, 0.4) is 0 Å². The normalized spacial score (nSPS) is 17.9. The maximum atomic E-state index is 2.27. The molecule has 62 valence electrons. The summed E-state index contributed by atoms with van der Waals surface area (Å²) >= 11 is 0.